The SMILES string of the molecule is COc1cc(C(NNC(=O)c2ccccc2)N2CCCC3CN(c4c(OC)cc5c(c4F)c(=O)c(C(=O)O)cn5C4CC4)CC32)cc(OC)c1OC. The fourth-order valence-electron chi connectivity index (χ4n) is 7.81. The number of hydrazine groups is 1. The number of aromatic nitrogens is 1. The second-order valence-corrected chi connectivity index (χ2v) is 13.4. The Morgan fingerprint density at radius 1 is 0.923 bits per heavy atom. The van der Waals surface area contributed by atoms with Crippen molar-refractivity contribution >= 4 is 28.5 Å². The number of amides is 1. The second-order valence-electron chi connectivity index (χ2n) is 13.4. The molecule has 274 valence electrons. The normalized spacial score (nSPS) is 19.2. The molecule has 0 bridgehead atoms. The number of nitrogens with one attached hydrogen (secondary N) is 2. The number of rotatable bonds is 12. The van der Waals surface area contributed by atoms with E-state index in [4.69, 9.17) is 18.9 Å². The monoisotopic (exact) mass is 715 g/mol. The summed E-state index contributed by atoms with van der Waals surface area (Å²) in [6.07, 6.45) is 4.04. The molecule has 4 aromatic rings. The van der Waals surface area contributed by atoms with Gasteiger partial charge in [0.1, 0.15) is 23.2 Å². The second kappa shape index (κ2) is 14.4. The van der Waals surface area contributed by atoms with E-state index in [1.807, 2.05) is 23.1 Å². The summed E-state index contributed by atoms with van der Waals surface area (Å²) in [4.78, 5) is 43.0. The van der Waals surface area contributed by atoms with E-state index < -0.39 is 28.9 Å². The van der Waals surface area contributed by atoms with Crippen molar-refractivity contribution in [3.63, 3.8) is 0 Å². The Hall–Kier alpha value is -5.34. The Labute approximate surface area is 299 Å². The quantitative estimate of drug-likeness (QED) is 0.175. The van der Waals surface area contributed by atoms with E-state index in [1.54, 1.807) is 34.9 Å². The highest BCUT2D eigenvalue weighted by Gasteiger charge is 2.44. The van der Waals surface area contributed by atoms with Crippen LogP contribution in [0.4, 0.5) is 10.1 Å². The highest BCUT2D eigenvalue weighted by atomic mass is 19.1. The lowest BCUT2D eigenvalue weighted by Gasteiger charge is -2.42. The van der Waals surface area contributed by atoms with Gasteiger partial charge < -0.3 is 33.5 Å². The van der Waals surface area contributed by atoms with Gasteiger partial charge in [0, 0.05) is 49.5 Å². The van der Waals surface area contributed by atoms with Crippen LogP contribution in [0.15, 0.2) is 59.5 Å². The van der Waals surface area contributed by atoms with Gasteiger partial charge in [-0.25, -0.2) is 14.6 Å². The predicted octanol–water partition coefficient (Wildman–Crippen LogP) is 4.74. The molecule has 13 nitrogen and oxygen atoms in total. The van der Waals surface area contributed by atoms with Gasteiger partial charge in [0.25, 0.3) is 5.91 Å². The van der Waals surface area contributed by atoms with E-state index in [-0.39, 0.29) is 40.7 Å². The fraction of sp³-hybridized carbons (Fsp3) is 0.395. The van der Waals surface area contributed by atoms with Gasteiger partial charge >= 0.3 is 5.97 Å². The smallest absolute Gasteiger partial charge is 0.341 e. The number of hydrogen-bond donors (Lipinski definition) is 3. The third kappa shape index (κ3) is 6.26. The van der Waals surface area contributed by atoms with Crippen LogP contribution in [0.5, 0.6) is 23.0 Å². The first-order valence-electron chi connectivity index (χ1n) is 17.3. The molecule has 1 amide bonds. The van der Waals surface area contributed by atoms with Gasteiger partial charge in [-0.15, -0.1) is 0 Å². The Balaban J connectivity index is 1.28. The molecule has 1 aliphatic carbocycles. The van der Waals surface area contributed by atoms with Crippen LogP contribution in [-0.4, -0.2) is 80.6 Å². The molecule has 2 saturated heterocycles. The molecule has 3 aromatic carbocycles. The summed E-state index contributed by atoms with van der Waals surface area (Å²) < 4.78 is 41.3. The van der Waals surface area contributed by atoms with Gasteiger partial charge in [0.2, 0.25) is 11.2 Å². The summed E-state index contributed by atoms with van der Waals surface area (Å²) in [5.41, 5.74) is 6.49. The number of halogens is 1. The van der Waals surface area contributed by atoms with E-state index in [0.717, 1.165) is 31.2 Å². The summed E-state index contributed by atoms with van der Waals surface area (Å²) in [7, 11) is 6.07. The lowest BCUT2D eigenvalue weighted by molar-refractivity contribution is 0.0484. The number of ether oxygens (including phenoxy) is 4. The zero-order valence-electron chi connectivity index (χ0n) is 29.5. The molecule has 2 aliphatic heterocycles. The van der Waals surface area contributed by atoms with Crippen molar-refractivity contribution in [2.75, 3.05) is 53.0 Å². The molecule has 0 spiro atoms. The van der Waals surface area contributed by atoms with Gasteiger partial charge in [-0.3, -0.25) is 19.9 Å². The highest BCUT2D eigenvalue weighted by Crippen LogP contribution is 2.46. The molecule has 3 heterocycles. The molecule has 0 radical (unpaired) electrons. The van der Waals surface area contributed by atoms with Crippen molar-refractivity contribution in [2.24, 2.45) is 5.92 Å². The van der Waals surface area contributed by atoms with E-state index in [9.17, 15) is 19.5 Å². The zero-order chi connectivity index (χ0) is 36.7. The number of hydrogen-bond acceptors (Lipinski definition) is 10. The number of carboxylic acids is 1. The minimum Gasteiger partial charge on any atom is -0.494 e. The number of carbonyl (C=O) groups excluding carboxylic acids is 1. The number of nitrogens with zero attached hydrogens (tertiary/aromatic N) is 3. The molecule has 14 heteroatoms. The first kappa shape index (κ1) is 35.1. The number of methoxy groups -OCH3 is 4. The largest absolute Gasteiger partial charge is 0.494 e. The number of likely N-dealkylation sites (tertiary alicyclic amines) is 1. The van der Waals surface area contributed by atoms with Crippen LogP contribution in [-0.2, 0) is 0 Å². The van der Waals surface area contributed by atoms with Gasteiger partial charge in [-0.05, 0) is 61.4 Å². The maximum absolute atomic E-state index is 16.9. The van der Waals surface area contributed by atoms with Crippen molar-refractivity contribution in [3.05, 3.63) is 87.5 Å². The van der Waals surface area contributed by atoms with Crippen LogP contribution in [0.1, 0.15) is 64.2 Å². The maximum atomic E-state index is 16.9. The zero-order valence-corrected chi connectivity index (χ0v) is 29.5. The number of carbonyl (C=O) groups is 2. The van der Waals surface area contributed by atoms with Crippen LogP contribution < -0.4 is 40.1 Å². The summed E-state index contributed by atoms with van der Waals surface area (Å²) in [5.74, 6) is -0.850. The topological polar surface area (TPSA) is 144 Å². The number of aromatic carboxylic acids is 1. The first-order chi connectivity index (χ1) is 25.2. The minimum atomic E-state index is -1.40. The molecule has 52 heavy (non-hydrogen) atoms. The van der Waals surface area contributed by atoms with Gasteiger partial charge in [0.05, 0.1) is 39.3 Å². The predicted molar refractivity (Wildman–Crippen MR) is 191 cm³/mol. The Morgan fingerprint density at radius 3 is 2.23 bits per heavy atom. The number of anilines is 1. The van der Waals surface area contributed by atoms with E-state index in [2.05, 4.69) is 15.8 Å². The Bertz CT molecular complexity index is 2050. The molecule has 3 atom stereocenters. The molecular weight excluding hydrogens is 673 g/mol. The third-order valence-corrected chi connectivity index (χ3v) is 10.4. The van der Waals surface area contributed by atoms with E-state index in [0.29, 0.717) is 48.0 Å². The maximum Gasteiger partial charge on any atom is 0.341 e. The Kier molecular flexibility index (Phi) is 9.68. The number of carboxylic acid groups (broad SMARTS) is 1. The van der Waals surface area contributed by atoms with Crippen LogP contribution in [0.3, 0.4) is 0 Å². The average Bonchev–Trinajstić information content (AvgIpc) is 3.91. The van der Waals surface area contributed by atoms with Crippen LogP contribution in [0.25, 0.3) is 10.9 Å². The molecule has 3 aliphatic rings. The van der Waals surface area contributed by atoms with Gasteiger partial charge in [0.15, 0.2) is 17.3 Å². The highest BCUT2D eigenvalue weighted by molar-refractivity contribution is 5.95. The summed E-state index contributed by atoms with van der Waals surface area (Å²) >= 11 is 0. The summed E-state index contributed by atoms with van der Waals surface area (Å²) in [6, 6.07) is 14.0. The number of piperidine rings is 1. The molecule has 3 fully saturated rings. The molecule has 3 N–H and O–H groups in total. The van der Waals surface area contributed by atoms with Crippen molar-refractivity contribution in [1.29, 1.82) is 0 Å². The van der Waals surface area contributed by atoms with Crippen molar-refractivity contribution in [2.45, 2.75) is 43.9 Å². The summed E-state index contributed by atoms with van der Waals surface area (Å²) in [5, 5.41) is 9.59. The van der Waals surface area contributed by atoms with E-state index >= 15 is 4.39 Å². The number of fused-ring (bicyclic) bond motifs is 2. The standard InChI is InChI=1S/C38H42FN5O8/c1-49-28-17-26-31(34(45)25(38(47)48)19-44(26)24-12-13-24)32(39)33(28)42-18-22-11-8-14-43(27(22)20-42)36(40-41-37(46)21-9-6-5-7-10-21)23-15-29(50-2)35(52-4)30(16-23)51-3/h5-7,9-10,15-17,19,22,24,27,36,40H,8,11-14,18,20H2,1-4H3,(H,41,46)(H,47,48). The third-order valence-electron chi connectivity index (χ3n) is 10.4. The van der Waals surface area contributed by atoms with Crippen LogP contribution in [0, 0.1) is 11.7 Å². The molecule has 1 aromatic heterocycles. The summed E-state index contributed by atoms with van der Waals surface area (Å²) in [6.45, 7) is 1.48. The van der Waals surface area contributed by atoms with Crippen LogP contribution in [0.2, 0.25) is 0 Å². The number of pyridine rings is 1. The lowest BCUT2D eigenvalue weighted by Crippen LogP contribution is -2.54. The van der Waals surface area contributed by atoms with Crippen LogP contribution >= 0.6 is 0 Å². The van der Waals surface area contributed by atoms with Gasteiger partial charge in [-0.1, -0.05) is 18.2 Å². The fourth-order valence-corrected chi connectivity index (χ4v) is 7.81. The van der Waals surface area contributed by atoms with Gasteiger partial charge in [-0.2, -0.15) is 0 Å². The molecule has 7 rings (SSSR count). The van der Waals surface area contributed by atoms with Crippen molar-refractivity contribution in [3.8, 4) is 23.0 Å². The Morgan fingerprint density at radius 2 is 1.62 bits per heavy atom. The average molecular weight is 716 g/mol. The first-order valence-corrected chi connectivity index (χ1v) is 17.3. The molecular formula is C38H42FN5O8. The van der Waals surface area contributed by atoms with E-state index in [1.165, 1.54) is 34.6 Å². The van der Waals surface area contributed by atoms with Crippen molar-refractivity contribution in [1.82, 2.24) is 20.3 Å². The molecule has 1 saturated carbocycles. The van der Waals surface area contributed by atoms with Crippen molar-refractivity contribution < 1.29 is 38.0 Å². The lowest BCUT2D eigenvalue weighted by atomic mass is 9.91. The molecule has 3 unspecified atom stereocenters. The minimum absolute atomic E-state index is 0.0126. The number of benzene rings is 3.